The van der Waals surface area contributed by atoms with E-state index < -0.39 is 0 Å². The van der Waals surface area contributed by atoms with Gasteiger partial charge in [0.2, 0.25) is 5.91 Å². The third-order valence-corrected chi connectivity index (χ3v) is 3.61. The molecule has 0 aromatic heterocycles. The van der Waals surface area contributed by atoms with Crippen LogP contribution in [0.1, 0.15) is 26.2 Å². The second-order valence-corrected chi connectivity index (χ2v) is 5.01. The predicted octanol–water partition coefficient (Wildman–Crippen LogP) is 0.196. The first kappa shape index (κ1) is 11.9. The Bertz CT molecular complexity index is 230. The molecular weight excluding hydrogens is 202 g/mol. The lowest BCUT2D eigenvalue weighted by Gasteiger charge is -2.24. The van der Waals surface area contributed by atoms with Crippen molar-refractivity contribution >= 4 is 5.91 Å². The molecule has 92 valence electrons. The number of hydrogen-bond donors (Lipinski definition) is 2. The first-order valence-electron chi connectivity index (χ1n) is 6.52. The van der Waals surface area contributed by atoms with Gasteiger partial charge in [0, 0.05) is 25.7 Å². The maximum atomic E-state index is 11.6. The molecule has 0 radical (unpaired) electrons. The number of piperidine rings is 1. The molecule has 0 spiro atoms. The Morgan fingerprint density at radius 2 is 2.38 bits per heavy atom. The fourth-order valence-electron chi connectivity index (χ4n) is 2.79. The Morgan fingerprint density at radius 1 is 1.50 bits per heavy atom. The van der Waals surface area contributed by atoms with Crippen molar-refractivity contribution in [2.45, 2.75) is 32.2 Å². The molecule has 2 aliphatic rings. The van der Waals surface area contributed by atoms with Gasteiger partial charge in [0.1, 0.15) is 0 Å². The van der Waals surface area contributed by atoms with Gasteiger partial charge in [-0.25, -0.2) is 0 Å². The van der Waals surface area contributed by atoms with Crippen LogP contribution in [-0.4, -0.2) is 49.6 Å². The molecule has 0 bridgehead atoms. The molecule has 2 rings (SSSR count). The van der Waals surface area contributed by atoms with Gasteiger partial charge < -0.3 is 10.6 Å². The van der Waals surface area contributed by atoms with Gasteiger partial charge in [0.05, 0.1) is 6.54 Å². The number of hydrogen-bond acceptors (Lipinski definition) is 3. The lowest BCUT2D eigenvalue weighted by Crippen LogP contribution is -2.41. The molecule has 1 amide bonds. The predicted molar refractivity (Wildman–Crippen MR) is 64.3 cm³/mol. The van der Waals surface area contributed by atoms with Crippen LogP contribution in [0.15, 0.2) is 0 Å². The van der Waals surface area contributed by atoms with Crippen LogP contribution in [0.2, 0.25) is 0 Å². The highest BCUT2D eigenvalue weighted by Gasteiger charge is 2.34. The van der Waals surface area contributed by atoms with E-state index in [1.54, 1.807) is 0 Å². The van der Waals surface area contributed by atoms with E-state index in [1.165, 1.54) is 12.8 Å². The van der Waals surface area contributed by atoms with Crippen LogP contribution >= 0.6 is 0 Å². The van der Waals surface area contributed by atoms with Crippen LogP contribution in [0, 0.1) is 5.92 Å². The molecule has 2 aliphatic heterocycles. The van der Waals surface area contributed by atoms with Crippen LogP contribution in [0.4, 0.5) is 0 Å². The van der Waals surface area contributed by atoms with Crippen LogP contribution in [0.3, 0.4) is 0 Å². The van der Waals surface area contributed by atoms with Crippen molar-refractivity contribution < 1.29 is 4.79 Å². The standard InChI is InChI=1S/C12H23N3O/c1-2-5-14-12(16)9-15-7-10-4-3-6-13-11(10)8-15/h10-11,13H,2-9H2,1H3,(H,14,16)/t10-,11+/m0/s1. The average Bonchev–Trinajstić information content (AvgIpc) is 2.68. The molecule has 2 fully saturated rings. The lowest BCUT2D eigenvalue weighted by atomic mass is 9.94. The fourth-order valence-corrected chi connectivity index (χ4v) is 2.79. The number of likely N-dealkylation sites (tertiary alicyclic amines) is 1. The summed E-state index contributed by atoms with van der Waals surface area (Å²) >= 11 is 0. The van der Waals surface area contributed by atoms with Gasteiger partial charge in [-0.1, -0.05) is 6.92 Å². The molecule has 4 heteroatoms. The number of nitrogens with zero attached hydrogens (tertiary/aromatic N) is 1. The third kappa shape index (κ3) is 2.95. The minimum Gasteiger partial charge on any atom is -0.355 e. The van der Waals surface area contributed by atoms with Crippen molar-refractivity contribution in [1.82, 2.24) is 15.5 Å². The van der Waals surface area contributed by atoms with E-state index in [4.69, 9.17) is 0 Å². The Labute approximate surface area is 97.8 Å². The Balaban J connectivity index is 1.73. The smallest absolute Gasteiger partial charge is 0.234 e. The number of amides is 1. The Morgan fingerprint density at radius 3 is 3.12 bits per heavy atom. The quantitative estimate of drug-likeness (QED) is 0.718. The van der Waals surface area contributed by atoms with E-state index >= 15 is 0 Å². The van der Waals surface area contributed by atoms with Gasteiger partial charge in [-0.3, -0.25) is 9.69 Å². The molecule has 4 nitrogen and oxygen atoms in total. The summed E-state index contributed by atoms with van der Waals surface area (Å²) in [4.78, 5) is 13.9. The zero-order valence-corrected chi connectivity index (χ0v) is 10.2. The highest BCUT2D eigenvalue weighted by atomic mass is 16.2. The van der Waals surface area contributed by atoms with E-state index in [2.05, 4.69) is 22.5 Å². The molecule has 2 N–H and O–H groups in total. The number of nitrogens with one attached hydrogen (secondary N) is 2. The van der Waals surface area contributed by atoms with Crippen LogP contribution in [0.5, 0.6) is 0 Å². The monoisotopic (exact) mass is 225 g/mol. The normalized spacial score (nSPS) is 30.1. The fraction of sp³-hybridized carbons (Fsp3) is 0.917. The van der Waals surface area contributed by atoms with Crippen LogP contribution < -0.4 is 10.6 Å². The van der Waals surface area contributed by atoms with Gasteiger partial charge >= 0.3 is 0 Å². The topological polar surface area (TPSA) is 44.4 Å². The van der Waals surface area contributed by atoms with Crippen LogP contribution in [-0.2, 0) is 4.79 Å². The van der Waals surface area contributed by atoms with Crippen molar-refractivity contribution in [3.05, 3.63) is 0 Å². The van der Waals surface area contributed by atoms with E-state index in [0.29, 0.717) is 12.6 Å². The van der Waals surface area contributed by atoms with Gasteiger partial charge in [0.15, 0.2) is 0 Å². The second kappa shape index (κ2) is 5.64. The summed E-state index contributed by atoms with van der Waals surface area (Å²) < 4.78 is 0. The van der Waals surface area contributed by atoms with Crippen molar-refractivity contribution in [2.75, 3.05) is 32.7 Å². The number of carbonyl (C=O) groups is 1. The average molecular weight is 225 g/mol. The van der Waals surface area contributed by atoms with E-state index in [0.717, 1.165) is 38.5 Å². The molecule has 0 aromatic carbocycles. The summed E-state index contributed by atoms with van der Waals surface area (Å²) in [6, 6.07) is 0.632. The maximum Gasteiger partial charge on any atom is 0.234 e. The summed E-state index contributed by atoms with van der Waals surface area (Å²) in [6.07, 6.45) is 3.63. The summed E-state index contributed by atoms with van der Waals surface area (Å²) in [5.41, 5.74) is 0. The van der Waals surface area contributed by atoms with E-state index in [9.17, 15) is 4.79 Å². The maximum absolute atomic E-state index is 11.6. The van der Waals surface area contributed by atoms with E-state index in [-0.39, 0.29) is 5.91 Å². The highest BCUT2D eigenvalue weighted by Crippen LogP contribution is 2.24. The molecule has 0 aliphatic carbocycles. The molecule has 0 unspecified atom stereocenters. The van der Waals surface area contributed by atoms with Crippen molar-refractivity contribution in [3.8, 4) is 0 Å². The lowest BCUT2D eigenvalue weighted by molar-refractivity contribution is -0.122. The summed E-state index contributed by atoms with van der Waals surface area (Å²) in [5.74, 6) is 0.952. The molecule has 0 saturated carbocycles. The first-order valence-corrected chi connectivity index (χ1v) is 6.52. The van der Waals surface area contributed by atoms with Crippen molar-refractivity contribution in [1.29, 1.82) is 0 Å². The summed E-state index contributed by atoms with van der Waals surface area (Å²) in [5, 5.41) is 6.49. The largest absolute Gasteiger partial charge is 0.355 e. The number of rotatable bonds is 4. The van der Waals surface area contributed by atoms with E-state index in [1.807, 2.05) is 0 Å². The number of carbonyl (C=O) groups excluding carboxylic acids is 1. The zero-order chi connectivity index (χ0) is 11.4. The Kier molecular flexibility index (Phi) is 4.18. The minimum absolute atomic E-state index is 0.181. The molecule has 2 heterocycles. The molecule has 2 atom stereocenters. The summed E-state index contributed by atoms with van der Waals surface area (Å²) in [7, 11) is 0. The van der Waals surface area contributed by atoms with Gasteiger partial charge in [-0.15, -0.1) is 0 Å². The van der Waals surface area contributed by atoms with Gasteiger partial charge in [-0.05, 0) is 31.7 Å². The highest BCUT2D eigenvalue weighted by molar-refractivity contribution is 5.78. The molecule has 16 heavy (non-hydrogen) atoms. The third-order valence-electron chi connectivity index (χ3n) is 3.61. The van der Waals surface area contributed by atoms with Crippen LogP contribution in [0.25, 0.3) is 0 Å². The van der Waals surface area contributed by atoms with Gasteiger partial charge in [0.25, 0.3) is 0 Å². The SMILES string of the molecule is CCCNC(=O)CN1C[C@@H]2CCCN[C@@H]2C1. The number of fused-ring (bicyclic) bond motifs is 1. The van der Waals surface area contributed by atoms with Gasteiger partial charge in [-0.2, -0.15) is 0 Å². The summed E-state index contributed by atoms with van der Waals surface area (Å²) in [6.45, 7) is 6.75. The Hall–Kier alpha value is -0.610. The first-order chi connectivity index (χ1) is 7.79. The van der Waals surface area contributed by atoms with Crippen molar-refractivity contribution in [3.63, 3.8) is 0 Å². The minimum atomic E-state index is 0.181. The molecule has 2 saturated heterocycles. The van der Waals surface area contributed by atoms with Crippen molar-refractivity contribution in [2.24, 2.45) is 5.92 Å². The molecule has 0 aromatic rings. The zero-order valence-electron chi connectivity index (χ0n) is 10.2. The second-order valence-electron chi connectivity index (χ2n) is 5.01. The molecular formula is C12H23N3O.